The van der Waals surface area contributed by atoms with Gasteiger partial charge in [-0.3, -0.25) is 4.79 Å². The van der Waals surface area contributed by atoms with Crippen LogP contribution in [0.1, 0.15) is 0 Å². The van der Waals surface area contributed by atoms with Crippen LogP contribution in [0.5, 0.6) is 5.75 Å². The van der Waals surface area contributed by atoms with E-state index in [4.69, 9.17) is 5.11 Å². The summed E-state index contributed by atoms with van der Waals surface area (Å²) >= 11 is 0. The molecule has 1 aromatic carbocycles. The summed E-state index contributed by atoms with van der Waals surface area (Å²) in [5, 5.41) is 9.07. The van der Waals surface area contributed by atoms with E-state index in [-0.39, 0.29) is 11.3 Å². The number of aromatic hydroxyl groups is 1. The van der Waals surface area contributed by atoms with Crippen molar-refractivity contribution in [3.8, 4) is 5.75 Å². The van der Waals surface area contributed by atoms with E-state index in [2.05, 4.69) is 9.97 Å². The molecule has 0 aliphatic rings. The Morgan fingerprint density at radius 3 is 3.08 bits per heavy atom. The second-order valence-corrected chi connectivity index (χ2v) is 2.45. The third kappa shape index (κ3) is 1.03. The lowest BCUT2D eigenvalue weighted by molar-refractivity contribution is 0.476. The molecule has 0 saturated carbocycles. The Labute approximate surface area is 67.5 Å². The molecule has 2 aromatic rings. The molecule has 0 saturated heterocycles. The molecule has 4 nitrogen and oxygen atoms in total. The van der Waals surface area contributed by atoms with E-state index in [0.29, 0.717) is 11.0 Å². The molecular weight excluding hydrogens is 156 g/mol. The molecule has 0 spiro atoms. The number of hydrogen-bond donors (Lipinski definition) is 2. The van der Waals surface area contributed by atoms with Crippen molar-refractivity contribution in [1.29, 1.82) is 0 Å². The van der Waals surface area contributed by atoms with Gasteiger partial charge in [-0.05, 0) is 12.1 Å². The lowest BCUT2D eigenvalue weighted by Gasteiger charge is -1.95. The molecule has 2 rings (SSSR count). The van der Waals surface area contributed by atoms with Gasteiger partial charge in [-0.2, -0.15) is 0 Å². The van der Waals surface area contributed by atoms with Gasteiger partial charge in [0.25, 0.3) is 5.56 Å². The zero-order valence-corrected chi connectivity index (χ0v) is 6.11. The van der Waals surface area contributed by atoms with E-state index >= 15 is 0 Å². The summed E-state index contributed by atoms with van der Waals surface area (Å²) in [6.07, 6.45) is 1.18. The van der Waals surface area contributed by atoms with Gasteiger partial charge in [0, 0.05) is 6.07 Å². The first-order valence-electron chi connectivity index (χ1n) is 3.44. The monoisotopic (exact) mass is 162 g/mol. The van der Waals surface area contributed by atoms with E-state index in [9.17, 15) is 4.79 Å². The molecular formula is C8H6N2O2. The number of rotatable bonds is 0. The molecule has 0 atom stereocenters. The van der Waals surface area contributed by atoms with E-state index < -0.39 is 0 Å². The van der Waals surface area contributed by atoms with Crippen molar-refractivity contribution < 1.29 is 5.11 Å². The van der Waals surface area contributed by atoms with Crippen molar-refractivity contribution in [2.45, 2.75) is 0 Å². The summed E-state index contributed by atoms with van der Waals surface area (Å²) < 4.78 is 0. The molecule has 0 amide bonds. The Balaban J connectivity index is 2.87. The SMILES string of the molecule is O=c1cnc2cc(O)ccc2[nH]1. The van der Waals surface area contributed by atoms with Crippen LogP contribution in [-0.2, 0) is 0 Å². The maximum Gasteiger partial charge on any atom is 0.266 e. The van der Waals surface area contributed by atoms with Crippen LogP contribution < -0.4 is 5.56 Å². The molecule has 1 heterocycles. The smallest absolute Gasteiger partial charge is 0.266 e. The number of aromatic nitrogens is 2. The minimum atomic E-state index is -0.242. The molecule has 0 radical (unpaired) electrons. The first kappa shape index (κ1) is 6.84. The predicted octanol–water partition coefficient (Wildman–Crippen LogP) is 0.629. The fraction of sp³-hybridized carbons (Fsp3) is 0. The van der Waals surface area contributed by atoms with Gasteiger partial charge in [0.15, 0.2) is 0 Å². The minimum absolute atomic E-state index is 0.141. The molecule has 1 aromatic heterocycles. The van der Waals surface area contributed by atoms with Crippen LogP contribution in [0.4, 0.5) is 0 Å². The van der Waals surface area contributed by atoms with Crippen molar-refractivity contribution in [3.63, 3.8) is 0 Å². The highest BCUT2D eigenvalue weighted by molar-refractivity contribution is 5.75. The zero-order valence-electron chi connectivity index (χ0n) is 6.11. The molecule has 2 N–H and O–H groups in total. The summed E-state index contributed by atoms with van der Waals surface area (Å²) in [4.78, 5) is 17.2. The van der Waals surface area contributed by atoms with Gasteiger partial charge in [0.2, 0.25) is 0 Å². The third-order valence-electron chi connectivity index (χ3n) is 1.56. The number of phenols is 1. The average Bonchev–Trinajstić information content (AvgIpc) is 2.05. The van der Waals surface area contributed by atoms with Crippen LogP contribution in [0.25, 0.3) is 11.0 Å². The molecule has 0 fully saturated rings. The zero-order chi connectivity index (χ0) is 8.55. The first-order valence-corrected chi connectivity index (χ1v) is 3.44. The fourth-order valence-electron chi connectivity index (χ4n) is 1.03. The maximum atomic E-state index is 10.8. The van der Waals surface area contributed by atoms with Crippen LogP contribution in [0, 0.1) is 0 Å². The van der Waals surface area contributed by atoms with Gasteiger partial charge in [-0.25, -0.2) is 4.98 Å². The number of nitrogens with zero attached hydrogens (tertiary/aromatic N) is 1. The predicted molar refractivity (Wildman–Crippen MR) is 44.0 cm³/mol. The third-order valence-corrected chi connectivity index (χ3v) is 1.56. The van der Waals surface area contributed by atoms with Crippen LogP contribution in [0.15, 0.2) is 29.2 Å². The van der Waals surface area contributed by atoms with Crippen molar-refractivity contribution >= 4 is 11.0 Å². The Morgan fingerprint density at radius 1 is 1.42 bits per heavy atom. The second kappa shape index (κ2) is 2.34. The number of H-pyrrole nitrogens is 1. The minimum Gasteiger partial charge on any atom is -0.508 e. The van der Waals surface area contributed by atoms with Crippen LogP contribution in [0.2, 0.25) is 0 Å². The summed E-state index contributed by atoms with van der Waals surface area (Å²) in [5.41, 5.74) is 0.961. The lowest BCUT2D eigenvalue weighted by Crippen LogP contribution is -2.04. The number of fused-ring (bicyclic) bond motifs is 1. The normalized spacial score (nSPS) is 10.3. The Morgan fingerprint density at radius 2 is 2.25 bits per heavy atom. The van der Waals surface area contributed by atoms with E-state index in [0.717, 1.165) is 0 Å². The van der Waals surface area contributed by atoms with E-state index in [1.807, 2.05) is 0 Å². The highest BCUT2D eigenvalue weighted by atomic mass is 16.3. The van der Waals surface area contributed by atoms with Crippen LogP contribution >= 0.6 is 0 Å². The van der Waals surface area contributed by atoms with Crippen molar-refractivity contribution in [1.82, 2.24) is 9.97 Å². The van der Waals surface area contributed by atoms with Crippen molar-refractivity contribution in [2.75, 3.05) is 0 Å². The summed E-state index contributed by atoms with van der Waals surface area (Å²) in [6, 6.07) is 4.60. The van der Waals surface area contributed by atoms with Crippen molar-refractivity contribution in [2.24, 2.45) is 0 Å². The molecule has 12 heavy (non-hydrogen) atoms. The van der Waals surface area contributed by atoms with Gasteiger partial charge in [0.1, 0.15) is 5.75 Å². The standard InChI is InChI=1S/C8H6N2O2/c11-5-1-2-6-7(3-5)9-4-8(12)10-6/h1-4,11H,(H,10,12). The summed E-state index contributed by atoms with van der Waals surface area (Å²) in [5.74, 6) is 0.141. The van der Waals surface area contributed by atoms with E-state index in [1.54, 1.807) is 6.07 Å². The highest BCUT2D eigenvalue weighted by Crippen LogP contribution is 2.13. The van der Waals surface area contributed by atoms with Gasteiger partial charge < -0.3 is 10.1 Å². The van der Waals surface area contributed by atoms with Crippen LogP contribution in [0.3, 0.4) is 0 Å². The van der Waals surface area contributed by atoms with Gasteiger partial charge in [-0.1, -0.05) is 0 Å². The van der Waals surface area contributed by atoms with Gasteiger partial charge in [0.05, 0.1) is 17.2 Å². The number of nitrogens with one attached hydrogen (secondary N) is 1. The maximum absolute atomic E-state index is 10.8. The molecule has 0 aliphatic carbocycles. The quantitative estimate of drug-likeness (QED) is 0.597. The molecule has 0 unspecified atom stereocenters. The number of benzene rings is 1. The Kier molecular flexibility index (Phi) is 1.33. The molecule has 0 aliphatic heterocycles. The molecule has 60 valence electrons. The lowest BCUT2D eigenvalue weighted by atomic mass is 10.3. The average molecular weight is 162 g/mol. The number of aromatic amines is 1. The van der Waals surface area contributed by atoms with Gasteiger partial charge >= 0.3 is 0 Å². The fourth-order valence-corrected chi connectivity index (χ4v) is 1.03. The summed E-state index contributed by atoms with van der Waals surface area (Å²) in [7, 11) is 0. The first-order chi connectivity index (χ1) is 5.75. The topological polar surface area (TPSA) is 66.0 Å². The Bertz CT molecular complexity index is 476. The van der Waals surface area contributed by atoms with Crippen LogP contribution in [-0.4, -0.2) is 15.1 Å². The van der Waals surface area contributed by atoms with Crippen molar-refractivity contribution in [3.05, 3.63) is 34.7 Å². The number of hydrogen-bond acceptors (Lipinski definition) is 3. The Hall–Kier alpha value is -1.84. The molecule has 4 heteroatoms. The largest absolute Gasteiger partial charge is 0.508 e. The number of phenolic OH excluding ortho intramolecular Hbond substituents is 1. The van der Waals surface area contributed by atoms with E-state index in [1.165, 1.54) is 18.3 Å². The van der Waals surface area contributed by atoms with Gasteiger partial charge in [-0.15, -0.1) is 0 Å². The second-order valence-electron chi connectivity index (χ2n) is 2.45. The molecule has 0 bridgehead atoms. The summed E-state index contributed by atoms with van der Waals surface area (Å²) in [6.45, 7) is 0. The highest BCUT2D eigenvalue weighted by Gasteiger charge is 1.95.